The number of hydrogen-bond acceptors (Lipinski definition) is 4. The van der Waals surface area contributed by atoms with E-state index in [9.17, 15) is 9.59 Å². The number of aryl methyl sites for hydroxylation is 1. The molecule has 0 atom stereocenters. The van der Waals surface area contributed by atoms with Gasteiger partial charge in [0.1, 0.15) is 0 Å². The summed E-state index contributed by atoms with van der Waals surface area (Å²) in [5.74, 6) is -0.370. The zero-order valence-corrected chi connectivity index (χ0v) is 9.22. The largest absolute Gasteiger partial charge is 0.476 e. The van der Waals surface area contributed by atoms with Crippen molar-refractivity contribution in [2.24, 2.45) is 0 Å². The van der Waals surface area contributed by atoms with Gasteiger partial charge in [-0.15, -0.1) is 12.4 Å². The molecule has 1 N–H and O–H groups in total. The third kappa shape index (κ3) is 3.63. The average Bonchev–Trinajstić information content (AvgIpc) is 2.16. The van der Waals surface area contributed by atoms with Gasteiger partial charge in [-0.05, 0) is 6.92 Å². The molecular weight excluding hydrogens is 222 g/mol. The molecule has 0 unspecified atom stereocenters. The molecule has 1 aromatic heterocycles. The number of aromatic amines is 1. The number of carbonyl (C=O) groups excluding carboxylic acids is 1. The number of ether oxygens (including phenoxy) is 2. The third-order valence-electron chi connectivity index (χ3n) is 1.66. The summed E-state index contributed by atoms with van der Waals surface area (Å²) in [5.41, 5.74) is 0.326. The van der Waals surface area contributed by atoms with Crippen LogP contribution in [0.25, 0.3) is 0 Å². The van der Waals surface area contributed by atoms with Crippen LogP contribution in [0.3, 0.4) is 0 Å². The van der Waals surface area contributed by atoms with Crippen LogP contribution in [0.1, 0.15) is 5.69 Å². The first-order valence-electron chi connectivity index (χ1n) is 4.03. The summed E-state index contributed by atoms with van der Waals surface area (Å²) in [6, 6.07) is 1.33. The lowest BCUT2D eigenvalue weighted by atomic mass is 10.3. The zero-order chi connectivity index (χ0) is 10.6. The molecule has 0 bridgehead atoms. The third-order valence-corrected chi connectivity index (χ3v) is 1.66. The summed E-state index contributed by atoms with van der Waals surface area (Å²) in [4.78, 5) is 24.8. The molecule has 15 heavy (non-hydrogen) atoms. The van der Waals surface area contributed by atoms with Gasteiger partial charge in [0.2, 0.25) is 5.43 Å². The molecule has 84 valence electrons. The summed E-state index contributed by atoms with van der Waals surface area (Å²) < 4.78 is 9.38. The Balaban J connectivity index is 0.00000196. The lowest BCUT2D eigenvalue weighted by Crippen LogP contribution is -2.17. The molecule has 1 aromatic rings. The number of aromatic nitrogens is 1. The molecule has 1 rings (SSSR count). The quantitative estimate of drug-likeness (QED) is 0.779. The first-order valence-corrected chi connectivity index (χ1v) is 4.03. The van der Waals surface area contributed by atoms with Gasteiger partial charge in [-0.25, -0.2) is 4.79 Å². The van der Waals surface area contributed by atoms with E-state index >= 15 is 0 Å². The van der Waals surface area contributed by atoms with E-state index in [2.05, 4.69) is 9.72 Å². The standard InChI is InChI=1S/C9H11NO4.ClH/c1-6-9(7(11)3-4-10-6)14-5-8(12)13-2;/h3-4H,5H2,1-2H3,(H,10,11);1H. The Kier molecular flexibility index (Phi) is 5.48. The van der Waals surface area contributed by atoms with Crippen molar-refractivity contribution in [3.8, 4) is 5.75 Å². The van der Waals surface area contributed by atoms with E-state index in [0.717, 1.165) is 0 Å². The number of nitrogens with one attached hydrogen (secondary N) is 1. The average molecular weight is 234 g/mol. The van der Waals surface area contributed by atoms with Crippen LogP contribution in [-0.2, 0) is 9.53 Å². The fourth-order valence-electron chi connectivity index (χ4n) is 0.938. The van der Waals surface area contributed by atoms with E-state index in [1.54, 1.807) is 6.92 Å². The van der Waals surface area contributed by atoms with Crippen LogP contribution in [-0.4, -0.2) is 24.7 Å². The van der Waals surface area contributed by atoms with Gasteiger partial charge in [0, 0.05) is 12.3 Å². The lowest BCUT2D eigenvalue weighted by Gasteiger charge is -2.05. The molecule has 0 spiro atoms. The highest BCUT2D eigenvalue weighted by Crippen LogP contribution is 2.06. The van der Waals surface area contributed by atoms with Gasteiger partial charge in [0.25, 0.3) is 0 Å². The molecule has 0 amide bonds. The number of hydrogen-bond donors (Lipinski definition) is 1. The molecule has 1 heterocycles. The predicted molar refractivity (Wildman–Crippen MR) is 56.6 cm³/mol. The number of halogens is 1. The summed E-state index contributed by atoms with van der Waals surface area (Å²) in [5, 5.41) is 0. The number of H-pyrrole nitrogens is 1. The van der Waals surface area contributed by atoms with Crippen LogP contribution >= 0.6 is 12.4 Å². The Bertz CT molecular complexity index is 388. The molecule has 0 aliphatic rings. The van der Waals surface area contributed by atoms with Crippen molar-refractivity contribution in [2.75, 3.05) is 13.7 Å². The van der Waals surface area contributed by atoms with Crippen LogP contribution < -0.4 is 10.2 Å². The van der Waals surface area contributed by atoms with Gasteiger partial charge in [-0.2, -0.15) is 0 Å². The van der Waals surface area contributed by atoms with E-state index in [4.69, 9.17) is 4.74 Å². The first-order chi connectivity index (χ1) is 6.65. The monoisotopic (exact) mass is 233 g/mol. The maximum Gasteiger partial charge on any atom is 0.343 e. The highest BCUT2D eigenvalue weighted by atomic mass is 35.5. The van der Waals surface area contributed by atoms with E-state index in [0.29, 0.717) is 5.69 Å². The SMILES string of the molecule is COC(=O)COc1c(C)[nH]ccc1=O.Cl. The van der Waals surface area contributed by atoms with Gasteiger partial charge in [-0.3, -0.25) is 4.79 Å². The highest BCUT2D eigenvalue weighted by molar-refractivity contribution is 5.85. The minimum Gasteiger partial charge on any atom is -0.476 e. The molecular formula is C9H12ClNO4. The van der Waals surface area contributed by atoms with Crippen molar-refractivity contribution in [1.29, 1.82) is 0 Å². The summed E-state index contributed by atoms with van der Waals surface area (Å²) >= 11 is 0. The van der Waals surface area contributed by atoms with Crippen LogP contribution in [0.2, 0.25) is 0 Å². The van der Waals surface area contributed by atoms with Gasteiger partial charge in [-0.1, -0.05) is 0 Å². The molecule has 0 fully saturated rings. The molecule has 6 heteroatoms. The number of pyridine rings is 1. The number of carbonyl (C=O) groups is 1. The van der Waals surface area contributed by atoms with Gasteiger partial charge in [0.05, 0.1) is 12.8 Å². The highest BCUT2D eigenvalue weighted by Gasteiger charge is 2.07. The lowest BCUT2D eigenvalue weighted by molar-refractivity contribution is -0.142. The van der Waals surface area contributed by atoms with Crippen molar-refractivity contribution in [3.05, 3.63) is 28.2 Å². The van der Waals surface area contributed by atoms with Gasteiger partial charge >= 0.3 is 5.97 Å². The molecule has 0 aliphatic heterocycles. The van der Waals surface area contributed by atoms with Crippen molar-refractivity contribution in [2.45, 2.75) is 6.92 Å². The van der Waals surface area contributed by atoms with E-state index in [1.807, 2.05) is 0 Å². The van der Waals surface area contributed by atoms with Crippen molar-refractivity contribution < 1.29 is 14.3 Å². The van der Waals surface area contributed by atoms with E-state index in [1.165, 1.54) is 19.4 Å². The van der Waals surface area contributed by atoms with E-state index < -0.39 is 5.97 Å². The Morgan fingerprint density at radius 2 is 2.20 bits per heavy atom. The Hall–Kier alpha value is -1.49. The van der Waals surface area contributed by atoms with E-state index in [-0.39, 0.29) is 30.2 Å². The molecule has 0 aromatic carbocycles. The Morgan fingerprint density at radius 1 is 1.53 bits per heavy atom. The molecule has 0 saturated heterocycles. The second-order valence-corrected chi connectivity index (χ2v) is 2.66. The fraction of sp³-hybridized carbons (Fsp3) is 0.333. The van der Waals surface area contributed by atoms with Gasteiger partial charge < -0.3 is 14.5 Å². The number of esters is 1. The number of methoxy groups -OCH3 is 1. The van der Waals surface area contributed by atoms with Crippen molar-refractivity contribution >= 4 is 18.4 Å². The first kappa shape index (κ1) is 13.5. The van der Waals surface area contributed by atoms with Crippen LogP contribution in [0, 0.1) is 6.92 Å². The van der Waals surface area contributed by atoms with Gasteiger partial charge in [0.15, 0.2) is 12.4 Å². The zero-order valence-electron chi connectivity index (χ0n) is 8.40. The minimum absolute atomic E-state index is 0. The maximum absolute atomic E-state index is 11.2. The maximum atomic E-state index is 11.2. The topological polar surface area (TPSA) is 68.4 Å². The van der Waals surface area contributed by atoms with Crippen LogP contribution in [0.15, 0.2) is 17.1 Å². The minimum atomic E-state index is -0.521. The molecule has 0 radical (unpaired) electrons. The van der Waals surface area contributed by atoms with Crippen LogP contribution in [0.5, 0.6) is 5.75 Å². The Morgan fingerprint density at radius 3 is 2.73 bits per heavy atom. The molecule has 5 nitrogen and oxygen atoms in total. The molecule has 0 aliphatic carbocycles. The summed E-state index contributed by atoms with van der Waals surface area (Å²) in [6.07, 6.45) is 1.52. The van der Waals surface area contributed by atoms with Crippen molar-refractivity contribution in [3.63, 3.8) is 0 Å². The second-order valence-electron chi connectivity index (χ2n) is 2.66. The summed E-state index contributed by atoms with van der Waals surface area (Å²) in [7, 11) is 1.26. The Labute approximate surface area is 92.8 Å². The summed E-state index contributed by atoms with van der Waals surface area (Å²) in [6.45, 7) is 1.43. The number of rotatable bonds is 3. The smallest absolute Gasteiger partial charge is 0.343 e. The van der Waals surface area contributed by atoms with Crippen LogP contribution in [0.4, 0.5) is 0 Å². The fourth-order valence-corrected chi connectivity index (χ4v) is 0.938. The normalized spacial score (nSPS) is 8.93. The second kappa shape index (κ2) is 6.08. The molecule has 0 saturated carbocycles. The predicted octanol–water partition coefficient (Wildman–Crippen LogP) is 0.657. The van der Waals surface area contributed by atoms with Crippen molar-refractivity contribution in [1.82, 2.24) is 4.98 Å².